The standard InChI is InChI=1S/C12H13BrF2N4O2S/c1-5(2)17-11-8-6(7(13)9(18-11)10(14)15)4-16-12(19-8)22(3,20)21/h4-5,10H,1-3H3,(H,17,18). The van der Waals surface area contributed by atoms with Gasteiger partial charge in [-0.05, 0) is 29.8 Å². The van der Waals surface area contributed by atoms with Crippen LogP contribution in [0.2, 0.25) is 0 Å². The predicted octanol–water partition coefficient (Wildman–Crippen LogP) is 2.95. The number of hydrogen-bond acceptors (Lipinski definition) is 6. The third-order valence-electron chi connectivity index (χ3n) is 2.65. The van der Waals surface area contributed by atoms with Gasteiger partial charge in [-0.25, -0.2) is 32.2 Å². The summed E-state index contributed by atoms with van der Waals surface area (Å²) < 4.78 is 49.4. The number of nitrogens with one attached hydrogen (secondary N) is 1. The van der Waals surface area contributed by atoms with Crippen molar-refractivity contribution in [3.63, 3.8) is 0 Å². The van der Waals surface area contributed by atoms with E-state index in [0.29, 0.717) is 0 Å². The Morgan fingerprint density at radius 1 is 1.27 bits per heavy atom. The summed E-state index contributed by atoms with van der Waals surface area (Å²) in [6, 6.07) is -0.0981. The highest BCUT2D eigenvalue weighted by Gasteiger charge is 2.22. The number of anilines is 1. The molecule has 2 heterocycles. The minimum atomic E-state index is -3.62. The molecule has 0 bridgehead atoms. The number of halogens is 3. The van der Waals surface area contributed by atoms with Gasteiger partial charge in [0.05, 0.1) is 4.47 Å². The second kappa shape index (κ2) is 5.99. The molecule has 6 nitrogen and oxygen atoms in total. The first-order chi connectivity index (χ1) is 10.1. The van der Waals surface area contributed by atoms with E-state index in [4.69, 9.17) is 0 Å². The average molecular weight is 395 g/mol. The minimum Gasteiger partial charge on any atom is -0.366 e. The van der Waals surface area contributed by atoms with Crippen molar-refractivity contribution in [2.24, 2.45) is 0 Å². The number of pyridine rings is 1. The molecule has 0 atom stereocenters. The van der Waals surface area contributed by atoms with Crippen LogP contribution in [0, 0.1) is 0 Å². The van der Waals surface area contributed by atoms with E-state index in [0.717, 1.165) is 6.26 Å². The molecule has 0 aliphatic heterocycles. The van der Waals surface area contributed by atoms with E-state index in [-0.39, 0.29) is 32.4 Å². The van der Waals surface area contributed by atoms with Crippen LogP contribution in [0.5, 0.6) is 0 Å². The van der Waals surface area contributed by atoms with Gasteiger partial charge in [0.2, 0.25) is 15.0 Å². The lowest BCUT2D eigenvalue weighted by Crippen LogP contribution is -2.14. The SMILES string of the molecule is CC(C)Nc1nc(C(F)F)c(Br)c2cnc(S(C)(=O)=O)nc12. The lowest BCUT2D eigenvalue weighted by Gasteiger charge is -2.15. The van der Waals surface area contributed by atoms with Crippen LogP contribution in [-0.2, 0) is 9.84 Å². The van der Waals surface area contributed by atoms with Crippen LogP contribution in [0.1, 0.15) is 26.0 Å². The van der Waals surface area contributed by atoms with Gasteiger partial charge in [0.25, 0.3) is 6.43 Å². The van der Waals surface area contributed by atoms with E-state index < -0.39 is 22.0 Å². The Morgan fingerprint density at radius 3 is 2.41 bits per heavy atom. The summed E-state index contributed by atoms with van der Waals surface area (Å²) in [5, 5.41) is 2.78. The normalized spacial score (nSPS) is 12.4. The lowest BCUT2D eigenvalue weighted by molar-refractivity contribution is 0.145. The van der Waals surface area contributed by atoms with Crippen molar-refractivity contribution in [3.8, 4) is 0 Å². The summed E-state index contributed by atoms with van der Waals surface area (Å²) in [6.45, 7) is 3.60. The van der Waals surface area contributed by atoms with Gasteiger partial charge in [-0.1, -0.05) is 0 Å². The summed E-state index contributed by atoms with van der Waals surface area (Å²) in [5.41, 5.74) is -0.285. The molecule has 0 radical (unpaired) electrons. The van der Waals surface area contributed by atoms with E-state index >= 15 is 0 Å². The smallest absolute Gasteiger partial charge is 0.281 e. The summed E-state index contributed by atoms with van der Waals surface area (Å²) in [4.78, 5) is 11.6. The van der Waals surface area contributed by atoms with Gasteiger partial charge in [0, 0.05) is 23.9 Å². The minimum absolute atomic E-state index is 0.0480. The van der Waals surface area contributed by atoms with E-state index in [2.05, 4.69) is 36.2 Å². The highest BCUT2D eigenvalue weighted by atomic mass is 79.9. The van der Waals surface area contributed by atoms with Crippen molar-refractivity contribution in [2.45, 2.75) is 31.5 Å². The maximum Gasteiger partial charge on any atom is 0.281 e. The van der Waals surface area contributed by atoms with Gasteiger partial charge >= 0.3 is 0 Å². The van der Waals surface area contributed by atoms with Crippen molar-refractivity contribution in [1.82, 2.24) is 15.0 Å². The maximum atomic E-state index is 13.1. The van der Waals surface area contributed by atoms with Gasteiger partial charge in [-0.15, -0.1) is 0 Å². The first-order valence-electron chi connectivity index (χ1n) is 6.22. The molecule has 1 N–H and O–H groups in total. The molecule has 0 saturated heterocycles. The molecule has 0 spiro atoms. The number of fused-ring (bicyclic) bond motifs is 1. The lowest BCUT2D eigenvalue weighted by atomic mass is 10.2. The second-order valence-corrected chi connectivity index (χ2v) is 7.65. The Labute approximate surface area is 134 Å². The van der Waals surface area contributed by atoms with Crippen molar-refractivity contribution in [3.05, 3.63) is 16.4 Å². The topological polar surface area (TPSA) is 84.8 Å². The highest BCUT2D eigenvalue weighted by Crippen LogP contribution is 2.35. The molecule has 2 aromatic heterocycles. The van der Waals surface area contributed by atoms with Crippen LogP contribution in [-0.4, -0.2) is 35.7 Å². The number of rotatable bonds is 4. The Bertz CT molecular complexity index is 827. The first-order valence-corrected chi connectivity index (χ1v) is 8.90. The Kier molecular flexibility index (Phi) is 4.62. The molecule has 0 unspecified atom stereocenters. The Balaban J connectivity index is 2.83. The summed E-state index contributed by atoms with van der Waals surface area (Å²) in [7, 11) is -3.62. The quantitative estimate of drug-likeness (QED) is 0.802. The third kappa shape index (κ3) is 3.32. The van der Waals surface area contributed by atoms with Crippen molar-refractivity contribution in [2.75, 3.05) is 11.6 Å². The van der Waals surface area contributed by atoms with Crippen LogP contribution in [0.4, 0.5) is 14.6 Å². The fraction of sp³-hybridized carbons (Fsp3) is 0.417. The molecule has 0 aromatic carbocycles. The summed E-state index contributed by atoms with van der Waals surface area (Å²) in [5.74, 6) is 0.0933. The number of sulfone groups is 1. The molecular weight excluding hydrogens is 382 g/mol. The van der Waals surface area contributed by atoms with E-state index in [1.807, 2.05) is 0 Å². The molecule has 0 aliphatic rings. The van der Waals surface area contributed by atoms with Gasteiger partial charge in [0.15, 0.2) is 5.82 Å². The predicted molar refractivity (Wildman–Crippen MR) is 81.9 cm³/mol. The molecular formula is C12H13BrF2N4O2S. The average Bonchev–Trinajstić information content (AvgIpc) is 2.39. The molecule has 2 rings (SSSR count). The zero-order valence-electron chi connectivity index (χ0n) is 11.9. The van der Waals surface area contributed by atoms with Crippen LogP contribution in [0.3, 0.4) is 0 Å². The van der Waals surface area contributed by atoms with Crippen molar-refractivity contribution < 1.29 is 17.2 Å². The van der Waals surface area contributed by atoms with Gasteiger partial charge in [-0.2, -0.15) is 0 Å². The Hall–Kier alpha value is -1.42. The monoisotopic (exact) mass is 394 g/mol. The van der Waals surface area contributed by atoms with Crippen molar-refractivity contribution in [1.29, 1.82) is 0 Å². The van der Waals surface area contributed by atoms with Gasteiger partial charge < -0.3 is 5.32 Å². The molecule has 2 aromatic rings. The van der Waals surface area contributed by atoms with Gasteiger partial charge in [0.1, 0.15) is 11.2 Å². The number of aromatic nitrogens is 3. The summed E-state index contributed by atoms with van der Waals surface area (Å²) in [6.07, 6.45) is -0.622. The highest BCUT2D eigenvalue weighted by molar-refractivity contribution is 9.10. The number of hydrogen-bond donors (Lipinski definition) is 1. The number of alkyl halides is 2. The fourth-order valence-electron chi connectivity index (χ4n) is 1.76. The van der Waals surface area contributed by atoms with E-state index in [1.54, 1.807) is 13.8 Å². The zero-order chi connectivity index (χ0) is 16.7. The molecule has 0 fully saturated rings. The fourth-order valence-corrected chi connectivity index (χ4v) is 2.82. The molecule has 22 heavy (non-hydrogen) atoms. The molecule has 10 heteroatoms. The van der Waals surface area contributed by atoms with Crippen LogP contribution in [0.25, 0.3) is 10.9 Å². The maximum absolute atomic E-state index is 13.1. The largest absolute Gasteiger partial charge is 0.366 e. The van der Waals surface area contributed by atoms with E-state index in [1.165, 1.54) is 6.20 Å². The zero-order valence-corrected chi connectivity index (χ0v) is 14.3. The third-order valence-corrected chi connectivity index (χ3v) is 4.34. The van der Waals surface area contributed by atoms with Crippen molar-refractivity contribution >= 4 is 42.5 Å². The molecule has 0 amide bonds. The second-order valence-electron chi connectivity index (χ2n) is 4.95. The summed E-state index contributed by atoms with van der Waals surface area (Å²) >= 11 is 3.06. The van der Waals surface area contributed by atoms with Gasteiger partial charge in [-0.3, -0.25) is 0 Å². The molecule has 0 aliphatic carbocycles. The number of nitrogens with zero attached hydrogens (tertiary/aromatic N) is 3. The van der Waals surface area contributed by atoms with Crippen LogP contribution >= 0.6 is 15.9 Å². The molecule has 0 saturated carbocycles. The van der Waals surface area contributed by atoms with Crippen LogP contribution < -0.4 is 5.32 Å². The first kappa shape index (κ1) is 16.9. The Morgan fingerprint density at radius 2 is 1.91 bits per heavy atom. The van der Waals surface area contributed by atoms with Crippen LogP contribution in [0.15, 0.2) is 15.8 Å². The van der Waals surface area contributed by atoms with E-state index in [9.17, 15) is 17.2 Å². The molecule has 120 valence electrons.